The van der Waals surface area contributed by atoms with E-state index in [-0.39, 0.29) is 18.0 Å². The van der Waals surface area contributed by atoms with Crippen LogP contribution in [0.5, 0.6) is 0 Å². The fourth-order valence-corrected chi connectivity index (χ4v) is 2.31. The van der Waals surface area contributed by atoms with E-state index in [1.54, 1.807) is 23.7 Å². The molecule has 0 N–H and O–H groups in total. The molecule has 0 aliphatic carbocycles. The summed E-state index contributed by atoms with van der Waals surface area (Å²) in [7, 11) is 0. The van der Waals surface area contributed by atoms with Crippen LogP contribution >= 0.6 is 0 Å². The van der Waals surface area contributed by atoms with Gasteiger partial charge in [0.1, 0.15) is 0 Å². The highest BCUT2D eigenvalue weighted by atomic mass is 19.1. The fourth-order valence-electron chi connectivity index (χ4n) is 2.31. The molecule has 0 bridgehead atoms. The van der Waals surface area contributed by atoms with E-state index in [1.165, 1.54) is 6.07 Å². The summed E-state index contributed by atoms with van der Waals surface area (Å²) < 4.78 is 25.8. The first-order valence-electron chi connectivity index (χ1n) is 7.21. The van der Waals surface area contributed by atoms with Crippen LogP contribution in [-0.4, -0.2) is 26.2 Å². The van der Waals surface area contributed by atoms with Gasteiger partial charge in [0.2, 0.25) is 5.76 Å². The third kappa shape index (κ3) is 2.79. The zero-order chi connectivity index (χ0) is 16.4. The molecule has 0 spiro atoms. The minimum atomic E-state index is -0.677. The van der Waals surface area contributed by atoms with Gasteiger partial charge in [-0.3, -0.25) is 0 Å². The van der Waals surface area contributed by atoms with Gasteiger partial charge in [0.25, 0.3) is 0 Å². The van der Waals surface area contributed by atoms with Gasteiger partial charge < -0.3 is 9.15 Å². The average molecular weight is 318 g/mol. The molecule has 3 aromatic rings. The number of esters is 1. The highest BCUT2D eigenvalue weighted by molar-refractivity contribution is 5.95. The SMILES string of the molecule is CCCn1nnnc1COC(=O)c1oc2c(F)cccc2c1C. The van der Waals surface area contributed by atoms with Crippen molar-refractivity contribution < 1.29 is 18.3 Å². The Morgan fingerprint density at radius 2 is 2.26 bits per heavy atom. The number of carbonyl (C=O) groups is 1. The number of tetrazole rings is 1. The molecule has 0 aliphatic heterocycles. The molecule has 0 saturated carbocycles. The molecular weight excluding hydrogens is 303 g/mol. The molecule has 3 rings (SSSR count). The summed E-state index contributed by atoms with van der Waals surface area (Å²) in [6.45, 7) is 4.23. The van der Waals surface area contributed by atoms with Crippen molar-refractivity contribution in [3.8, 4) is 0 Å². The number of hydrogen-bond acceptors (Lipinski definition) is 6. The topological polar surface area (TPSA) is 83.0 Å². The van der Waals surface area contributed by atoms with Crippen LogP contribution in [0.2, 0.25) is 0 Å². The lowest BCUT2D eigenvalue weighted by Crippen LogP contribution is -2.11. The van der Waals surface area contributed by atoms with Crippen LogP contribution in [-0.2, 0) is 17.9 Å². The van der Waals surface area contributed by atoms with Gasteiger partial charge >= 0.3 is 5.97 Å². The van der Waals surface area contributed by atoms with Crippen molar-refractivity contribution in [2.45, 2.75) is 33.4 Å². The lowest BCUT2D eigenvalue weighted by atomic mass is 10.1. The number of hydrogen-bond donors (Lipinski definition) is 0. The van der Waals surface area contributed by atoms with Crippen molar-refractivity contribution in [2.24, 2.45) is 0 Å². The van der Waals surface area contributed by atoms with Gasteiger partial charge in [-0.25, -0.2) is 13.9 Å². The molecule has 0 radical (unpaired) electrons. The molecule has 2 aromatic heterocycles. The van der Waals surface area contributed by atoms with Crippen molar-refractivity contribution in [3.63, 3.8) is 0 Å². The van der Waals surface area contributed by atoms with Gasteiger partial charge in [-0.1, -0.05) is 19.1 Å². The maximum Gasteiger partial charge on any atom is 0.375 e. The quantitative estimate of drug-likeness (QED) is 0.673. The van der Waals surface area contributed by atoms with Gasteiger partial charge in [-0.05, 0) is 29.8 Å². The standard InChI is InChI=1S/C15H15FN4O3/c1-3-7-20-12(17-18-19-20)8-22-15(21)13-9(2)10-5-4-6-11(16)14(10)23-13/h4-6H,3,7-8H2,1-2H3. The van der Waals surface area contributed by atoms with Crippen molar-refractivity contribution in [2.75, 3.05) is 0 Å². The van der Waals surface area contributed by atoms with E-state index in [1.807, 2.05) is 6.92 Å². The van der Waals surface area contributed by atoms with E-state index in [4.69, 9.17) is 9.15 Å². The normalized spacial score (nSPS) is 11.1. The van der Waals surface area contributed by atoms with Crippen molar-refractivity contribution >= 4 is 16.9 Å². The van der Waals surface area contributed by atoms with Gasteiger partial charge in [0, 0.05) is 17.5 Å². The second kappa shape index (κ2) is 6.15. The highest BCUT2D eigenvalue weighted by Crippen LogP contribution is 2.27. The molecule has 23 heavy (non-hydrogen) atoms. The largest absolute Gasteiger partial charge is 0.452 e. The molecule has 0 aliphatic rings. The van der Waals surface area contributed by atoms with E-state index in [0.717, 1.165) is 6.42 Å². The zero-order valence-corrected chi connectivity index (χ0v) is 12.7. The Labute approximate surface area is 131 Å². The van der Waals surface area contributed by atoms with E-state index >= 15 is 0 Å². The maximum atomic E-state index is 13.7. The summed E-state index contributed by atoms with van der Waals surface area (Å²) in [5.41, 5.74) is 0.588. The summed E-state index contributed by atoms with van der Waals surface area (Å²) in [6.07, 6.45) is 0.855. The summed E-state index contributed by atoms with van der Waals surface area (Å²) in [4.78, 5) is 12.2. The third-order valence-electron chi connectivity index (χ3n) is 3.47. The van der Waals surface area contributed by atoms with Gasteiger partial charge in [0.05, 0.1) is 0 Å². The number of para-hydroxylation sites is 1. The number of benzene rings is 1. The molecule has 8 heteroatoms. The molecule has 0 amide bonds. The van der Waals surface area contributed by atoms with Crippen molar-refractivity contribution in [1.29, 1.82) is 0 Å². The Bertz CT molecular complexity index is 856. The van der Waals surface area contributed by atoms with Gasteiger partial charge in [-0.2, -0.15) is 0 Å². The van der Waals surface area contributed by atoms with Crippen LogP contribution in [0, 0.1) is 12.7 Å². The lowest BCUT2D eigenvalue weighted by Gasteiger charge is -2.04. The smallest absolute Gasteiger partial charge is 0.375 e. The molecule has 120 valence electrons. The predicted molar refractivity (Wildman–Crippen MR) is 78.1 cm³/mol. The number of fused-ring (bicyclic) bond motifs is 1. The number of ether oxygens (including phenoxy) is 1. The minimum Gasteiger partial charge on any atom is -0.452 e. The monoisotopic (exact) mass is 318 g/mol. The Hall–Kier alpha value is -2.77. The highest BCUT2D eigenvalue weighted by Gasteiger charge is 2.21. The molecule has 0 atom stereocenters. The zero-order valence-electron chi connectivity index (χ0n) is 12.7. The molecule has 1 aromatic carbocycles. The molecular formula is C15H15FN4O3. The molecule has 0 unspecified atom stereocenters. The number of aryl methyl sites for hydroxylation is 2. The Balaban J connectivity index is 1.80. The van der Waals surface area contributed by atoms with Crippen molar-refractivity contribution in [1.82, 2.24) is 20.2 Å². The van der Waals surface area contributed by atoms with Gasteiger partial charge in [-0.15, -0.1) is 5.10 Å². The molecule has 0 fully saturated rings. The first-order valence-corrected chi connectivity index (χ1v) is 7.21. The van der Waals surface area contributed by atoms with Crippen LogP contribution in [0.3, 0.4) is 0 Å². The van der Waals surface area contributed by atoms with E-state index in [0.29, 0.717) is 23.3 Å². The number of rotatable bonds is 5. The molecule has 7 nitrogen and oxygen atoms in total. The number of nitrogens with zero attached hydrogens (tertiary/aromatic N) is 4. The number of carbonyl (C=O) groups excluding carboxylic acids is 1. The van der Waals surface area contributed by atoms with Crippen LogP contribution in [0.1, 0.15) is 35.3 Å². The second-order valence-electron chi connectivity index (χ2n) is 5.07. The average Bonchev–Trinajstić information content (AvgIpc) is 3.11. The molecule has 0 saturated heterocycles. The van der Waals surface area contributed by atoms with Crippen LogP contribution in [0.15, 0.2) is 22.6 Å². The fraction of sp³-hybridized carbons (Fsp3) is 0.333. The Kier molecular flexibility index (Phi) is 4.05. The minimum absolute atomic E-state index is 0.0142. The maximum absolute atomic E-state index is 13.7. The Morgan fingerprint density at radius 3 is 3.00 bits per heavy atom. The van der Waals surface area contributed by atoms with Crippen LogP contribution in [0.4, 0.5) is 4.39 Å². The van der Waals surface area contributed by atoms with Crippen LogP contribution < -0.4 is 0 Å². The van der Waals surface area contributed by atoms with E-state index in [2.05, 4.69) is 15.5 Å². The summed E-state index contributed by atoms with van der Waals surface area (Å²) in [5.74, 6) is -0.763. The summed E-state index contributed by atoms with van der Waals surface area (Å²) in [6, 6.07) is 4.53. The molecule has 2 heterocycles. The first kappa shape index (κ1) is 15.1. The lowest BCUT2D eigenvalue weighted by molar-refractivity contribution is 0.0421. The van der Waals surface area contributed by atoms with E-state index < -0.39 is 11.8 Å². The second-order valence-corrected chi connectivity index (χ2v) is 5.07. The number of furan rings is 1. The number of halogens is 1. The van der Waals surface area contributed by atoms with E-state index in [9.17, 15) is 9.18 Å². The third-order valence-corrected chi connectivity index (χ3v) is 3.47. The predicted octanol–water partition coefficient (Wildman–Crippen LogP) is 2.63. The van der Waals surface area contributed by atoms with Crippen LogP contribution in [0.25, 0.3) is 11.0 Å². The summed E-state index contributed by atoms with van der Waals surface area (Å²) in [5, 5.41) is 11.7. The van der Waals surface area contributed by atoms with Crippen molar-refractivity contribution in [3.05, 3.63) is 41.2 Å². The Morgan fingerprint density at radius 1 is 1.43 bits per heavy atom. The van der Waals surface area contributed by atoms with Gasteiger partial charge in [0.15, 0.2) is 23.8 Å². The number of aromatic nitrogens is 4. The first-order chi connectivity index (χ1) is 11.1. The summed E-state index contributed by atoms with van der Waals surface area (Å²) >= 11 is 0.